The van der Waals surface area contributed by atoms with E-state index in [-0.39, 0.29) is 11.3 Å². The molecule has 120 valence electrons. The summed E-state index contributed by atoms with van der Waals surface area (Å²) < 4.78 is 0. The van der Waals surface area contributed by atoms with Crippen molar-refractivity contribution in [3.63, 3.8) is 0 Å². The van der Waals surface area contributed by atoms with Gasteiger partial charge in [-0.2, -0.15) is 5.10 Å². The first-order chi connectivity index (χ1) is 11.0. The van der Waals surface area contributed by atoms with E-state index in [0.29, 0.717) is 30.0 Å². The summed E-state index contributed by atoms with van der Waals surface area (Å²) in [5.74, 6) is -0.611. The van der Waals surface area contributed by atoms with E-state index >= 15 is 0 Å². The van der Waals surface area contributed by atoms with Crippen molar-refractivity contribution in [3.8, 4) is 0 Å². The molecule has 7 heteroatoms. The maximum atomic E-state index is 12.6. The van der Waals surface area contributed by atoms with Gasteiger partial charge in [0.1, 0.15) is 5.69 Å². The summed E-state index contributed by atoms with van der Waals surface area (Å²) in [6.45, 7) is 3.18. The van der Waals surface area contributed by atoms with E-state index in [2.05, 4.69) is 15.2 Å². The first-order valence-electron chi connectivity index (χ1n) is 7.55. The topological polar surface area (TPSA) is 105 Å². The van der Waals surface area contributed by atoms with Crippen LogP contribution in [0.4, 0.5) is 0 Å². The Kier molecular flexibility index (Phi) is 3.85. The van der Waals surface area contributed by atoms with E-state index in [1.165, 1.54) is 6.20 Å². The van der Waals surface area contributed by atoms with Crippen LogP contribution in [0.25, 0.3) is 0 Å². The number of nitrogens with zero attached hydrogens (tertiary/aromatic N) is 3. The molecule has 0 bridgehead atoms. The molecule has 1 atom stereocenters. The number of rotatable bonds is 3. The lowest BCUT2D eigenvalue weighted by Gasteiger charge is -2.40. The Morgan fingerprint density at radius 3 is 2.91 bits per heavy atom. The highest BCUT2D eigenvalue weighted by Gasteiger charge is 2.38. The van der Waals surface area contributed by atoms with Crippen molar-refractivity contribution in [2.45, 2.75) is 25.2 Å². The van der Waals surface area contributed by atoms with Crippen LogP contribution in [0.1, 0.15) is 46.3 Å². The summed E-state index contributed by atoms with van der Waals surface area (Å²) in [5.41, 5.74) is 6.55. The SMILES string of the molecule is CC1(c2[nH]ncc2C(N)=O)CCCN(C(=O)c2ccccn2)C1. The number of H-pyrrole nitrogens is 1. The number of primary amides is 1. The molecule has 0 aromatic carbocycles. The number of hydrogen-bond acceptors (Lipinski definition) is 4. The molecule has 0 aliphatic carbocycles. The van der Waals surface area contributed by atoms with Gasteiger partial charge in [-0.3, -0.25) is 19.7 Å². The van der Waals surface area contributed by atoms with Gasteiger partial charge < -0.3 is 10.6 Å². The number of pyridine rings is 1. The van der Waals surface area contributed by atoms with E-state index < -0.39 is 5.91 Å². The van der Waals surface area contributed by atoms with Crippen LogP contribution >= 0.6 is 0 Å². The molecule has 23 heavy (non-hydrogen) atoms. The molecular weight excluding hydrogens is 294 g/mol. The van der Waals surface area contributed by atoms with Crippen LogP contribution < -0.4 is 5.73 Å². The molecule has 2 aromatic heterocycles. The largest absolute Gasteiger partial charge is 0.365 e. The number of aromatic amines is 1. The third kappa shape index (κ3) is 2.81. The minimum absolute atomic E-state index is 0.100. The first-order valence-corrected chi connectivity index (χ1v) is 7.55. The molecule has 0 radical (unpaired) electrons. The Morgan fingerprint density at radius 1 is 1.39 bits per heavy atom. The number of amides is 2. The molecule has 3 heterocycles. The van der Waals surface area contributed by atoms with Gasteiger partial charge in [-0.1, -0.05) is 13.0 Å². The minimum Gasteiger partial charge on any atom is -0.365 e. The Morgan fingerprint density at radius 2 is 2.22 bits per heavy atom. The van der Waals surface area contributed by atoms with Gasteiger partial charge in [-0.05, 0) is 25.0 Å². The number of carbonyl (C=O) groups is 2. The van der Waals surface area contributed by atoms with Crippen LogP contribution in [0.3, 0.4) is 0 Å². The average molecular weight is 313 g/mol. The molecule has 7 nitrogen and oxygen atoms in total. The number of piperidine rings is 1. The Balaban J connectivity index is 1.87. The predicted molar refractivity (Wildman–Crippen MR) is 83.8 cm³/mol. The zero-order chi connectivity index (χ0) is 16.4. The molecule has 1 fully saturated rings. The summed E-state index contributed by atoms with van der Waals surface area (Å²) in [6, 6.07) is 5.28. The fourth-order valence-electron chi connectivity index (χ4n) is 3.20. The molecule has 1 saturated heterocycles. The van der Waals surface area contributed by atoms with Gasteiger partial charge in [0, 0.05) is 24.7 Å². The molecule has 1 aliphatic heterocycles. The summed E-state index contributed by atoms with van der Waals surface area (Å²) in [7, 11) is 0. The fourth-order valence-corrected chi connectivity index (χ4v) is 3.20. The number of aromatic nitrogens is 3. The van der Waals surface area contributed by atoms with Crippen molar-refractivity contribution in [3.05, 3.63) is 47.5 Å². The number of hydrogen-bond donors (Lipinski definition) is 2. The van der Waals surface area contributed by atoms with Gasteiger partial charge in [0.15, 0.2) is 0 Å². The van der Waals surface area contributed by atoms with Gasteiger partial charge >= 0.3 is 0 Å². The van der Waals surface area contributed by atoms with Gasteiger partial charge in [0.25, 0.3) is 11.8 Å². The van der Waals surface area contributed by atoms with Crippen molar-refractivity contribution in [1.82, 2.24) is 20.1 Å². The predicted octanol–water partition coefficient (Wildman–Crippen LogP) is 1.10. The highest BCUT2D eigenvalue weighted by molar-refractivity contribution is 5.94. The molecular formula is C16H19N5O2. The second-order valence-electron chi connectivity index (χ2n) is 6.13. The fraction of sp³-hybridized carbons (Fsp3) is 0.375. The van der Waals surface area contributed by atoms with Crippen LogP contribution in [-0.4, -0.2) is 45.0 Å². The Labute approximate surface area is 133 Å². The zero-order valence-corrected chi connectivity index (χ0v) is 13.0. The average Bonchev–Trinajstić information content (AvgIpc) is 3.06. The van der Waals surface area contributed by atoms with Crippen molar-refractivity contribution >= 4 is 11.8 Å². The van der Waals surface area contributed by atoms with Crippen LogP contribution in [0, 0.1) is 0 Å². The van der Waals surface area contributed by atoms with E-state index in [1.54, 1.807) is 29.3 Å². The van der Waals surface area contributed by atoms with Crippen LogP contribution in [-0.2, 0) is 5.41 Å². The number of nitrogens with one attached hydrogen (secondary N) is 1. The molecule has 0 spiro atoms. The maximum absolute atomic E-state index is 12.6. The molecule has 1 aliphatic rings. The third-order valence-electron chi connectivity index (χ3n) is 4.38. The van der Waals surface area contributed by atoms with Gasteiger partial charge in [-0.25, -0.2) is 0 Å². The lowest BCUT2D eigenvalue weighted by molar-refractivity contribution is 0.0641. The van der Waals surface area contributed by atoms with Gasteiger partial charge in [-0.15, -0.1) is 0 Å². The molecule has 0 saturated carbocycles. The molecule has 2 amide bonds. The third-order valence-corrected chi connectivity index (χ3v) is 4.38. The molecule has 2 aromatic rings. The zero-order valence-electron chi connectivity index (χ0n) is 13.0. The number of likely N-dealkylation sites (tertiary alicyclic amines) is 1. The minimum atomic E-state index is -0.511. The Bertz CT molecular complexity index is 727. The van der Waals surface area contributed by atoms with Crippen LogP contribution in [0.5, 0.6) is 0 Å². The van der Waals surface area contributed by atoms with Crippen molar-refractivity contribution in [2.24, 2.45) is 5.73 Å². The molecule has 3 rings (SSSR count). The van der Waals surface area contributed by atoms with Gasteiger partial charge in [0.2, 0.25) is 0 Å². The highest BCUT2D eigenvalue weighted by Crippen LogP contribution is 2.34. The standard InChI is InChI=1S/C16H19N5O2/c1-16(13-11(14(17)22)9-19-20-13)6-4-8-21(10-16)15(23)12-5-2-3-7-18-12/h2-3,5,7,9H,4,6,8,10H2,1H3,(H2,17,22)(H,19,20). The lowest BCUT2D eigenvalue weighted by Crippen LogP contribution is -2.48. The van der Waals surface area contributed by atoms with Crippen molar-refractivity contribution in [1.29, 1.82) is 0 Å². The summed E-state index contributed by atoms with van der Waals surface area (Å²) in [4.78, 5) is 30.1. The summed E-state index contributed by atoms with van der Waals surface area (Å²) in [5, 5.41) is 6.84. The molecule has 1 unspecified atom stereocenters. The van der Waals surface area contributed by atoms with E-state index in [4.69, 9.17) is 5.73 Å². The Hall–Kier alpha value is -2.70. The quantitative estimate of drug-likeness (QED) is 0.885. The van der Waals surface area contributed by atoms with Crippen LogP contribution in [0.15, 0.2) is 30.6 Å². The van der Waals surface area contributed by atoms with E-state index in [0.717, 1.165) is 12.8 Å². The first kappa shape index (κ1) is 15.2. The smallest absolute Gasteiger partial charge is 0.272 e. The highest BCUT2D eigenvalue weighted by atomic mass is 16.2. The van der Waals surface area contributed by atoms with E-state index in [1.807, 2.05) is 6.92 Å². The monoisotopic (exact) mass is 313 g/mol. The summed E-state index contributed by atoms with van der Waals surface area (Å²) in [6.07, 6.45) is 4.74. The van der Waals surface area contributed by atoms with Gasteiger partial charge in [0.05, 0.1) is 17.5 Å². The summed E-state index contributed by atoms with van der Waals surface area (Å²) >= 11 is 0. The molecule has 3 N–H and O–H groups in total. The number of nitrogens with two attached hydrogens (primary N) is 1. The van der Waals surface area contributed by atoms with Crippen LogP contribution in [0.2, 0.25) is 0 Å². The van der Waals surface area contributed by atoms with E-state index in [9.17, 15) is 9.59 Å². The second kappa shape index (κ2) is 5.83. The second-order valence-corrected chi connectivity index (χ2v) is 6.13. The number of carbonyl (C=O) groups excluding carboxylic acids is 2. The normalized spacial score (nSPS) is 21.2. The maximum Gasteiger partial charge on any atom is 0.272 e. The van der Waals surface area contributed by atoms with Crippen molar-refractivity contribution in [2.75, 3.05) is 13.1 Å². The lowest BCUT2D eigenvalue weighted by atomic mass is 9.77. The van der Waals surface area contributed by atoms with Crippen molar-refractivity contribution < 1.29 is 9.59 Å².